The number of halogens is 1. The van der Waals surface area contributed by atoms with Crippen molar-refractivity contribution in [2.75, 3.05) is 12.3 Å². The van der Waals surface area contributed by atoms with Crippen molar-refractivity contribution < 1.29 is 29.4 Å². The lowest BCUT2D eigenvalue weighted by Crippen LogP contribution is -2.40. The maximum absolute atomic E-state index is 14.9. The van der Waals surface area contributed by atoms with E-state index in [0.29, 0.717) is 0 Å². The lowest BCUT2D eigenvalue weighted by molar-refractivity contribution is -0.0563. The van der Waals surface area contributed by atoms with Crippen LogP contribution in [0.4, 0.5) is 10.2 Å². The first-order chi connectivity index (χ1) is 10.8. The Hall–Kier alpha value is -1.79. The number of anilines is 1. The number of ether oxygens (including phenoxy) is 1. The number of alkyl halides is 1. The number of aromatic nitrogens is 3. The van der Waals surface area contributed by atoms with Crippen LogP contribution < -0.4 is 11.2 Å². The summed E-state index contributed by atoms with van der Waals surface area (Å²) in [4.78, 5) is 7.77. The summed E-state index contributed by atoms with van der Waals surface area (Å²) in [5, 5.41) is 38.3. The molecular formula is C12H16BFN4O5. The molecule has 2 aromatic heterocycles. The molecule has 0 spiro atoms. The van der Waals surface area contributed by atoms with E-state index in [1.54, 1.807) is 0 Å². The number of fused-ring (bicyclic) bond motifs is 1. The summed E-state index contributed by atoms with van der Waals surface area (Å²) in [6.07, 6.45) is -1.63. The highest BCUT2D eigenvalue weighted by molar-refractivity contribution is 6.62. The Balaban J connectivity index is 2.19. The number of aliphatic hydroxyl groups excluding tert-OH is 2. The van der Waals surface area contributed by atoms with Crippen molar-refractivity contribution in [1.82, 2.24) is 14.5 Å². The van der Waals surface area contributed by atoms with E-state index in [-0.39, 0.29) is 22.3 Å². The molecule has 23 heavy (non-hydrogen) atoms. The quantitative estimate of drug-likeness (QED) is 0.395. The molecule has 124 valence electrons. The Kier molecular flexibility index (Phi) is 3.77. The zero-order valence-corrected chi connectivity index (χ0v) is 12.2. The van der Waals surface area contributed by atoms with E-state index in [4.69, 9.17) is 10.5 Å². The van der Waals surface area contributed by atoms with Crippen LogP contribution in [0.2, 0.25) is 0 Å². The van der Waals surface area contributed by atoms with Crippen LogP contribution in [0.15, 0.2) is 12.5 Å². The maximum atomic E-state index is 14.9. The van der Waals surface area contributed by atoms with Crippen LogP contribution in [-0.2, 0) is 4.74 Å². The predicted molar refractivity (Wildman–Crippen MR) is 78.3 cm³/mol. The largest absolute Gasteiger partial charge is 0.490 e. The van der Waals surface area contributed by atoms with E-state index >= 15 is 0 Å². The summed E-state index contributed by atoms with van der Waals surface area (Å²) in [5.41, 5.74) is 3.62. The van der Waals surface area contributed by atoms with Crippen molar-refractivity contribution in [3.63, 3.8) is 0 Å². The fourth-order valence-electron chi connectivity index (χ4n) is 2.88. The minimum absolute atomic E-state index is 0.00494. The second kappa shape index (κ2) is 5.39. The van der Waals surface area contributed by atoms with E-state index in [2.05, 4.69) is 9.97 Å². The summed E-state index contributed by atoms with van der Waals surface area (Å²) in [6, 6.07) is 0. The number of nitrogens with two attached hydrogens (primary N) is 1. The molecule has 11 heteroatoms. The van der Waals surface area contributed by atoms with Crippen molar-refractivity contribution >= 4 is 29.4 Å². The van der Waals surface area contributed by atoms with Gasteiger partial charge in [0.15, 0.2) is 11.9 Å². The smallest absolute Gasteiger partial charge is 0.423 e. The third-order valence-electron chi connectivity index (χ3n) is 4.10. The molecule has 1 aliphatic heterocycles. The molecule has 0 bridgehead atoms. The lowest BCUT2D eigenvalue weighted by atomic mass is 9.80. The first-order valence-corrected chi connectivity index (χ1v) is 6.89. The number of aliphatic hydroxyl groups is 2. The van der Waals surface area contributed by atoms with Crippen LogP contribution >= 0.6 is 0 Å². The molecule has 9 nitrogen and oxygen atoms in total. The molecule has 3 unspecified atom stereocenters. The van der Waals surface area contributed by atoms with Crippen LogP contribution in [0.1, 0.15) is 13.2 Å². The highest BCUT2D eigenvalue weighted by Gasteiger charge is 2.55. The van der Waals surface area contributed by atoms with Crippen LogP contribution in [0.3, 0.4) is 0 Å². The van der Waals surface area contributed by atoms with Gasteiger partial charge in [-0.25, -0.2) is 14.4 Å². The third kappa shape index (κ3) is 2.28. The second-order valence-corrected chi connectivity index (χ2v) is 5.63. The average molecular weight is 326 g/mol. The molecule has 1 fully saturated rings. The number of nitrogen functional groups attached to an aromatic ring is 1. The van der Waals surface area contributed by atoms with Gasteiger partial charge >= 0.3 is 7.12 Å². The zero-order chi connectivity index (χ0) is 16.9. The van der Waals surface area contributed by atoms with Crippen LogP contribution in [0.25, 0.3) is 11.0 Å². The molecule has 3 rings (SSSR count). The van der Waals surface area contributed by atoms with E-state index in [9.17, 15) is 24.7 Å². The van der Waals surface area contributed by atoms with Gasteiger partial charge in [0.2, 0.25) is 0 Å². The van der Waals surface area contributed by atoms with Crippen LogP contribution in [-0.4, -0.2) is 66.4 Å². The Bertz CT molecular complexity index is 740. The minimum Gasteiger partial charge on any atom is -0.423 e. The topological polar surface area (TPSA) is 147 Å². The monoisotopic (exact) mass is 326 g/mol. The fraction of sp³-hybridized carbons (Fsp3) is 0.500. The van der Waals surface area contributed by atoms with Gasteiger partial charge in [-0.3, -0.25) is 0 Å². The van der Waals surface area contributed by atoms with Gasteiger partial charge in [0.1, 0.15) is 30.0 Å². The van der Waals surface area contributed by atoms with Gasteiger partial charge < -0.3 is 35.3 Å². The van der Waals surface area contributed by atoms with Gasteiger partial charge in [-0.05, 0) is 6.92 Å². The number of hydrogen-bond donors (Lipinski definition) is 5. The first kappa shape index (κ1) is 16.1. The van der Waals surface area contributed by atoms with Gasteiger partial charge in [0.05, 0.1) is 12.0 Å². The van der Waals surface area contributed by atoms with Gasteiger partial charge in [-0.15, -0.1) is 0 Å². The number of rotatable bonds is 3. The lowest BCUT2D eigenvalue weighted by Gasteiger charge is -2.25. The Morgan fingerprint density at radius 2 is 2.17 bits per heavy atom. The third-order valence-corrected chi connectivity index (χ3v) is 4.10. The van der Waals surface area contributed by atoms with Crippen molar-refractivity contribution in [2.45, 2.75) is 31.0 Å². The molecule has 4 atom stereocenters. The summed E-state index contributed by atoms with van der Waals surface area (Å²) in [5.74, 6) is -0.00494. The first-order valence-electron chi connectivity index (χ1n) is 6.89. The van der Waals surface area contributed by atoms with E-state index in [0.717, 1.165) is 13.3 Å². The van der Waals surface area contributed by atoms with E-state index < -0.39 is 37.8 Å². The number of hydrogen-bond acceptors (Lipinski definition) is 8. The highest BCUT2D eigenvalue weighted by Crippen LogP contribution is 2.42. The molecule has 1 saturated heterocycles. The van der Waals surface area contributed by atoms with Crippen LogP contribution in [0, 0.1) is 0 Å². The Morgan fingerprint density at radius 1 is 1.48 bits per heavy atom. The Labute approximate surface area is 130 Å². The maximum Gasteiger partial charge on any atom is 0.490 e. The summed E-state index contributed by atoms with van der Waals surface area (Å²) in [7, 11) is -1.88. The summed E-state index contributed by atoms with van der Waals surface area (Å²) < 4.78 is 21.5. The zero-order valence-electron chi connectivity index (χ0n) is 12.2. The van der Waals surface area contributed by atoms with Crippen LogP contribution in [0.5, 0.6) is 0 Å². The summed E-state index contributed by atoms with van der Waals surface area (Å²) in [6.45, 7) is 0.562. The number of nitrogens with zero attached hydrogens (tertiary/aromatic N) is 3. The second-order valence-electron chi connectivity index (χ2n) is 5.63. The molecule has 0 saturated carbocycles. The minimum atomic E-state index is -2.24. The van der Waals surface area contributed by atoms with Gasteiger partial charge in [-0.1, -0.05) is 0 Å². The summed E-state index contributed by atoms with van der Waals surface area (Å²) >= 11 is 0. The normalized spacial score (nSPS) is 31.0. The van der Waals surface area contributed by atoms with E-state index in [1.807, 2.05) is 0 Å². The molecule has 2 aromatic rings. The fourth-order valence-corrected chi connectivity index (χ4v) is 2.88. The molecular weight excluding hydrogens is 310 g/mol. The average Bonchev–Trinajstić information content (AvgIpc) is 2.97. The van der Waals surface area contributed by atoms with Crippen molar-refractivity contribution in [2.24, 2.45) is 0 Å². The van der Waals surface area contributed by atoms with Gasteiger partial charge in [-0.2, -0.15) is 0 Å². The molecule has 6 N–H and O–H groups in total. The standard InChI is InChI=1S/C12H16BFN4O5/c1-12(14)8(20)6(3-19)23-11(12)18-2-5(13(21)22)7-9(15)16-4-17-10(7)18/h2,4,6,8,11,19-22H,3H2,1H3,(H2,15,16,17)/t6?,8-,11?,12?/m1/s1. The molecule has 0 amide bonds. The molecule has 0 aromatic carbocycles. The van der Waals surface area contributed by atoms with Crippen molar-refractivity contribution in [3.8, 4) is 0 Å². The molecule has 3 heterocycles. The molecule has 1 aliphatic rings. The van der Waals surface area contributed by atoms with Crippen molar-refractivity contribution in [3.05, 3.63) is 12.5 Å². The highest BCUT2D eigenvalue weighted by atomic mass is 19.1. The predicted octanol–water partition coefficient (Wildman–Crippen LogP) is -2.33. The van der Waals surface area contributed by atoms with Crippen molar-refractivity contribution in [1.29, 1.82) is 0 Å². The molecule has 0 aliphatic carbocycles. The van der Waals surface area contributed by atoms with Gasteiger partial charge in [0.25, 0.3) is 0 Å². The Morgan fingerprint density at radius 3 is 2.74 bits per heavy atom. The van der Waals surface area contributed by atoms with Gasteiger partial charge in [0, 0.05) is 11.7 Å². The van der Waals surface area contributed by atoms with E-state index in [1.165, 1.54) is 10.8 Å². The SMILES string of the molecule is CC1(F)C(n2cc(B(O)O)c3c(N)ncnc32)OC(CO)[C@H]1O. The molecule has 0 radical (unpaired) electrons.